The number of benzene rings is 1. The van der Waals surface area contributed by atoms with Crippen molar-refractivity contribution < 1.29 is 9.47 Å². The second-order valence-corrected chi connectivity index (χ2v) is 4.69. The molecule has 1 aliphatic carbocycles. The third kappa shape index (κ3) is 2.72. The Morgan fingerprint density at radius 1 is 1.24 bits per heavy atom. The van der Waals surface area contributed by atoms with Gasteiger partial charge in [-0.2, -0.15) is 0 Å². The molecule has 0 bridgehead atoms. The van der Waals surface area contributed by atoms with E-state index in [2.05, 4.69) is 0 Å². The highest BCUT2D eigenvalue weighted by atomic mass is 16.5. The van der Waals surface area contributed by atoms with E-state index in [-0.39, 0.29) is 6.04 Å². The lowest BCUT2D eigenvalue weighted by molar-refractivity contribution is 0.206. The Morgan fingerprint density at radius 3 is 2.47 bits per heavy atom. The zero-order valence-corrected chi connectivity index (χ0v) is 10.6. The van der Waals surface area contributed by atoms with Gasteiger partial charge in [0.2, 0.25) is 0 Å². The zero-order chi connectivity index (χ0) is 12.3. The first-order valence-corrected chi connectivity index (χ1v) is 6.31. The smallest absolute Gasteiger partial charge is 0.128 e. The van der Waals surface area contributed by atoms with Crippen molar-refractivity contribution in [3.63, 3.8) is 0 Å². The second kappa shape index (κ2) is 5.41. The first-order valence-electron chi connectivity index (χ1n) is 6.31. The van der Waals surface area contributed by atoms with Crippen LogP contribution in [0, 0.1) is 0 Å². The maximum Gasteiger partial charge on any atom is 0.128 e. The summed E-state index contributed by atoms with van der Waals surface area (Å²) in [6.45, 7) is 1.96. The molecule has 1 fully saturated rings. The van der Waals surface area contributed by atoms with Crippen LogP contribution in [-0.2, 0) is 0 Å². The number of rotatable bonds is 4. The van der Waals surface area contributed by atoms with Gasteiger partial charge >= 0.3 is 0 Å². The molecule has 17 heavy (non-hydrogen) atoms. The van der Waals surface area contributed by atoms with Crippen molar-refractivity contribution in [2.45, 2.75) is 44.8 Å². The summed E-state index contributed by atoms with van der Waals surface area (Å²) in [5.74, 6) is 1.70. The minimum absolute atomic E-state index is 0.0810. The fourth-order valence-electron chi connectivity index (χ4n) is 2.44. The first-order chi connectivity index (χ1) is 8.22. The van der Waals surface area contributed by atoms with Crippen molar-refractivity contribution in [3.05, 3.63) is 23.8 Å². The van der Waals surface area contributed by atoms with Crippen LogP contribution < -0.4 is 15.2 Å². The summed E-state index contributed by atoms with van der Waals surface area (Å²) in [6.07, 6.45) is 5.18. The molecular weight excluding hydrogens is 214 g/mol. The lowest BCUT2D eigenvalue weighted by Crippen LogP contribution is -2.15. The molecule has 0 spiro atoms. The molecule has 2 rings (SSSR count). The van der Waals surface area contributed by atoms with Crippen molar-refractivity contribution in [1.82, 2.24) is 0 Å². The fraction of sp³-hybridized carbons (Fsp3) is 0.571. The highest BCUT2D eigenvalue weighted by molar-refractivity contribution is 5.46. The lowest BCUT2D eigenvalue weighted by Gasteiger charge is -2.20. The van der Waals surface area contributed by atoms with Crippen molar-refractivity contribution in [2.24, 2.45) is 5.73 Å². The Bertz CT molecular complexity index is 370. The van der Waals surface area contributed by atoms with E-state index >= 15 is 0 Å². The number of nitrogens with two attached hydrogens (primary N) is 1. The Labute approximate surface area is 103 Å². The van der Waals surface area contributed by atoms with Crippen molar-refractivity contribution in [3.8, 4) is 11.5 Å². The van der Waals surface area contributed by atoms with Crippen LogP contribution in [0.2, 0.25) is 0 Å². The largest absolute Gasteiger partial charge is 0.496 e. The van der Waals surface area contributed by atoms with Crippen LogP contribution in [-0.4, -0.2) is 13.2 Å². The van der Waals surface area contributed by atoms with Gasteiger partial charge in [-0.15, -0.1) is 0 Å². The third-order valence-electron chi connectivity index (χ3n) is 3.30. The summed E-state index contributed by atoms with van der Waals surface area (Å²) >= 11 is 0. The van der Waals surface area contributed by atoms with Gasteiger partial charge in [0, 0.05) is 6.04 Å². The Balaban J connectivity index is 2.25. The molecule has 1 aliphatic rings. The molecule has 0 aromatic heterocycles. The van der Waals surface area contributed by atoms with E-state index in [1.807, 2.05) is 25.1 Å². The van der Waals surface area contributed by atoms with E-state index in [0.29, 0.717) is 6.10 Å². The second-order valence-electron chi connectivity index (χ2n) is 4.69. The Hall–Kier alpha value is -1.22. The molecule has 94 valence electrons. The van der Waals surface area contributed by atoms with E-state index in [4.69, 9.17) is 15.2 Å². The molecule has 0 amide bonds. The van der Waals surface area contributed by atoms with Gasteiger partial charge in [-0.05, 0) is 44.7 Å². The first kappa shape index (κ1) is 12.2. The van der Waals surface area contributed by atoms with Gasteiger partial charge in [-0.25, -0.2) is 0 Å². The molecule has 2 N–H and O–H groups in total. The minimum atomic E-state index is -0.0810. The standard InChI is InChI=1S/C14H21NO2/c1-10(15)14-12(16-2)8-5-9-13(14)17-11-6-3-4-7-11/h5,8-11H,3-4,6-7,15H2,1-2H3. The summed E-state index contributed by atoms with van der Waals surface area (Å²) in [5.41, 5.74) is 6.98. The minimum Gasteiger partial charge on any atom is -0.496 e. The predicted octanol–water partition coefficient (Wildman–Crippen LogP) is 3.04. The highest BCUT2D eigenvalue weighted by Crippen LogP contribution is 2.35. The summed E-state index contributed by atoms with van der Waals surface area (Å²) in [7, 11) is 1.67. The number of hydrogen-bond donors (Lipinski definition) is 1. The normalized spacial score (nSPS) is 18.1. The van der Waals surface area contributed by atoms with Gasteiger partial charge in [0.1, 0.15) is 11.5 Å². The van der Waals surface area contributed by atoms with Crippen molar-refractivity contribution in [2.75, 3.05) is 7.11 Å². The molecule has 1 saturated carbocycles. The van der Waals surface area contributed by atoms with Crippen LogP contribution in [0.5, 0.6) is 11.5 Å². The van der Waals surface area contributed by atoms with Gasteiger partial charge in [-0.1, -0.05) is 6.07 Å². The summed E-state index contributed by atoms with van der Waals surface area (Å²) in [4.78, 5) is 0. The van der Waals surface area contributed by atoms with Crippen molar-refractivity contribution in [1.29, 1.82) is 0 Å². The van der Waals surface area contributed by atoms with Crippen LogP contribution in [0.4, 0.5) is 0 Å². The average Bonchev–Trinajstić information content (AvgIpc) is 2.81. The number of ether oxygens (including phenoxy) is 2. The van der Waals surface area contributed by atoms with E-state index in [0.717, 1.165) is 29.9 Å². The Kier molecular flexibility index (Phi) is 3.89. The van der Waals surface area contributed by atoms with Gasteiger partial charge in [-0.3, -0.25) is 0 Å². The monoisotopic (exact) mass is 235 g/mol. The molecule has 1 unspecified atom stereocenters. The van der Waals surface area contributed by atoms with Gasteiger partial charge in [0.25, 0.3) is 0 Å². The van der Waals surface area contributed by atoms with E-state index < -0.39 is 0 Å². The van der Waals surface area contributed by atoms with Gasteiger partial charge in [0.05, 0.1) is 18.8 Å². The fourth-order valence-corrected chi connectivity index (χ4v) is 2.44. The highest BCUT2D eigenvalue weighted by Gasteiger charge is 2.20. The van der Waals surface area contributed by atoms with E-state index in [9.17, 15) is 0 Å². The SMILES string of the molecule is COc1cccc(OC2CCCC2)c1C(C)N. The summed E-state index contributed by atoms with van der Waals surface area (Å²) < 4.78 is 11.4. The van der Waals surface area contributed by atoms with Gasteiger partial charge < -0.3 is 15.2 Å². The van der Waals surface area contributed by atoms with Crippen LogP contribution in [0.3, 0.4) is 0 Å². The summed E-state index contributed by atoms with van der Waals surface area (Å²) in [5, 5.41) is 0. The topological polar surface area (TPSA) is 44.5 Å². The molecular formula is C14H21NO2. The van der Waals surface area contributed by atoms with E-state index in [1.165, 1.54) is 12.8 Å². The quantitative estimate of drug-likeness (QED) is 0.872. The predicted molar refractivity (Wildman–Crippen MR) is 68.5 cm³/mol. The molecule has 0 heterocycles. The summed E-state index contributed by atoms with van der Waals surface area (Å²) in [6, 6.07) is 5.79. The average molecular weight is 235 g/mol. The number of hydrogen-bond acceptors (Lipinski definition) is 3. The van der Waals surface area contributed by atoms with Crippen LogP contribution in [0.1, 0.15) is 44.2 Å². The molecule has 3 nitrogen and oxygen atoms in total. The molecule has 1 aromatic rings. The third-order valence-corrected chi connectivity index (χ3v) is 3.30. The maximum absolute atomic E-state index is 6.05. The zero-order valence-electron chi connectivity index (χ0n) is 10.6. The Morgan fingerprint density at radius 2 is 1.88 bits per heavy atom. The van der Waals surface area contributed by atoms with Crippen LogP contribution >= 0.6 is 0 Å². The maximum atomic E-state index is 6.05. The molecule has 0 saturated heterocycles. The molecule has 3 heteroatoms. The number of methoxy groups -OCH3 is 1. The molecule has 1 atom stereocenters. The van der Waals surface area contributed by atoms with Crippen LogP contribution in [0.15, 0.2) is 18.2 Å². The molecule has 0 aliphatic heterocycles. The lowest BCUT2D eigenvalue weighted by atomic mass is 10.1. The molecule has 0 radical (unpaired) electrons. The van der Waals surface area contributed by atoms with Crippen LogP contribution in [0.25, 0.3) is 0 Å². The van der Waals surface area contributed by atoms with Gasteiger partial charge in [0.15, 0.2) is 0 Å². The van der Waals surface area contributed by atoms with E-state index in [1.54, 1.807) is 7.11 Å². The van der Waals surface area contributed by atoms with Crippen molar-refractivity contribution >= 4 is 0 Å². The molecule has 1 aromatic carbocycles.